The minimum Gasteiger partial charge on any atom is -0.507 e. The summed E-state index contributed by atoms with van der Waals surface area (Å²) in [6, 6.07) is 29.7. The molecule has 0 saturated heterocycles. The maximum absolute atomic E-state index is 11.7. The highest BCUT2D eigenvalue weighted by atomic mass is 16.5. The lowest BCUT2D eigenvalue weighted by atomic mass is 9.91. The first-order chi connectivity index (χ1) is 18.7. The van der Waals surface area contributed by atoms with Crippen molar-refractivity contribution < 1.29 is 14.9 Å². The van der Waals surface area contributed by atoms with Gasteiger partial charge in [-0.15, -0.1) is 0 Å². The predicted molar refractivity (Wildman–Crippen MR) is 153 cm³/mol. The van der Waals surface area contributed by atoms with Crippen LogP contribution < -0.4 is 4.74 Å². The standard InChI is InChI=1S/C33H22N2O3/c1-38-27-14-11-20-9-12-24-22(15-17-35-31(24)28(20)33(27)37)25-13-10-21-18-26(19-6-3-2-4-7-19)23-8-5-16-34-30(23)29(21)32(25)36/h2-18,36-37H,1H3. The van der Waals surface area contributed by atoms with Crippen LogP contribution in [0.1, 0.15) is 0 Å². The van der Waals surface area contributed by atoms with Gasteiger partial charge in [-0.25, -0.2) is 0 Å². The first-order valence-corrected chi connectivity index (χ1v) is 12.3. The Balaban J connectivity index is 1.53. The van der Waals surface area contributed by atoms with Crippen LogP contribution in [-0.2, 0) is 0 Å². The number of methoxy groups -OCH3 is 1. The van der Waals surface area contributed by atoms with Crippen molar-refractivity contribution in [2.24, 2.45) is 0 Å². The molecule has 0 aliphatic carbocycles. The van der Waals surface area contributed by atoms with Crippen molar-refractivity contribution in [2.45, 2.75) is 0 Å². The molecule has 0 amide bonds. The van der Waals surface area contributed by atoms with E-state index in [2.05, 4.69) is 23.2 Å². The number of aromatic hydroxyl groups is 2. The number of ether oxygens (including phenoxy) is 1. The lowest BCUT2D eigenvalue weighted by Crippen LogP contribution is -1.91. The summed E-state index contributed by atoms with van der Waals surface area (Å²) in [6.45, 7) is 0. The van der Waals surface area contributed by atoms with Gasteiger partial charge in [-0.2, -0.15) is 0 Å². The van der Waals surface area contributed by atoms with E-state index >= 15 is 0 Å². The normalized spacial score (nSPS) is 11.5. The molecule has 182 valence electrons. The van der Waals surface area contributed by atoms with Crippen molar-refractivity contribution in [3.63, 3.8) is 0 Å². The van der Waals surface area contributed by atoms with E-state index in [0.717, 1.165) is 43.8 Å². The maximum atomic E-state index is 11.7. The largest absolute Gasteiger partial charge is 0.507 e. The van der Waals surface area contributed by atoms with Gasteiger partial charge >= 0.3 is 0 Å². The number of pyridine rings is 2. The summed E-state index contributed by atoms with van der Waals surface area (Å²) < 4.78 is 5.34. The molecule has 38 heavy (non-hydrogen) atoms. The van der Waals surface area contributed by atoms with E-state index in [1.54, 1.807) is 18.5 Å². The highest BCUT2D eigenvalue weighted by Crippen LogP contribution is 2.45. The molecule has 7 rings (SSSR count). The molecule has 0 aliphatic rings. The van der Waals surface area contributed by atoms with Crippen LogP contribution in [0, 0.1) is 0 Å². The highest BCUT2D eigenvalue weighted by molar-refractivity contribution is 6.18. The van der Waals surface area contributed by atoms with Crippen LogP contribution in [0.15, 0.2) is 103 Å². The van der Waals surface area contributed by atoms with Gasteiger partial charge in [-0.3, -0.25) is 9.97 Å². The fourth-order valence-electron chi connectivity index (χ4n) is 5.49. The monoisotopic (exact) mass is 494 g/mol. The lowest BCUT2D eigenvalue weighted by molar-refractivity contribution is 0.376. The van der Waals surface area contributed by atoms with Gasteiger partial charge in [-0.1, -0.05) is 60.7 Å². The van der Waals surface area contributed by atoms with Crippen LogP contribution >= 0.6 is 0 Å². The lowest BCUT2D eigenvalue weighted by Gasteiger charge is -2.15. The number of hydrogen-bond acceptors (Lipinski definition) is 5. The molecule has 2 N–H and O–H groups in total. The Morgan fingerprint density at radius 1 is 0.579 bits per heavy atom. The molecule has 7 aromatic rings. The second-order valence-electron chi connectivity index (χ2n) is 9.28. The number of phenolic OH excluding ortho intramolecular Hbond substituents is 2. The SMILES string of the molecule is COc1ccc2ccc3c(-c4ccc5cc(-c6ccccc6)c6cccnc6c5c4O)ccnc3c2c1O. The van der Waals surface area contributed by atoms with Crippen molar-refractivity contribution in [3.05, 3.63) is 103 Å². The molecule has 2 heterocycles. The molecule has 5 heteroatoms. The van der Waals surface area contributed by atoms with Gasteiger partial charge in [0.1, 0.15) is 5.75 Å². The van der Waals surface area contributed by atoms with Crippen LogP contribution in [0.4, 0.5) is 0 Å². The van der Waals surface area contributed by atoms with Gasteiger partial charge in [0, 0.05) is 28.7 Å². The second-order valence-corrected chi connectivity index (χ2v) is 9.28. The van der Waals surface area contributed by atoms with Crippen molar-refractivity contribution >= 4 is 43.4 Å². The van der Waals surface area contributed by atoms with E-state index in [9.17, 15) is 10.2 Å². The van der Waals surface area contributed by atoms with Gasteiger partial charge in [0.2, 0.25) is 0 Å². The quantitative estimate of drug-likeness (QED) is 0.245. The molecule has 0 fully saturated rings. The number of aromatic nitrogens is 2. The zero-order valence-corrected chi connectivity index (χ0v) is 20.5. The smallest absolute Gasteiger partial charge is 0.167 e. The van der Waals surface area contributed by atoms with Gasteiger partial charge < -0.3 is 14.9 Å². The third-order valence-electron chi connectivity index (χ3n) is 7.27. The van der Waals surface area contributed by atoms with Crippen LogP contribution in [0.25, 0.3) is 65.6 Å². The average molecular weight is 495 g/mol. The van der Waals surface area contributed by atoms with Gasteiger partial charge in [-0.05, 0) is 57.8 Å². The molecule has 0 aliphatic heterocycles. The number of benzene rings is 5. The Bertz CT molecular complexity index is 2040. The van der Waals surface area contributed by atoms with Crippen molar-refractivity contribution in [2.75, 3.05) is 7.11 Å². The van der Waals surface area contributed by atoms with Crippen LogP contribution in [0.2, 0.25) is 0 Å². The molecule has 0 bridgehead atoms. The Labute approximate surface area is 218 Å². The first-order valence-electron chi connectivity index (χ1n) is 12.3. The van der Waals surface area contributed by atoms with Crippen LogP contribution in [-0.4, -0.2) is 27.3 Å². The molecule has 5 aromatic carbocycles. The van der Waals surface area contributed by atoms with Crippen LogP contribution in [0.5, 0.6) is 17.2 Å². The van der Waals surface area contributed by atoms with E-state index in [1.165, 1.54) is 7.11 Å². The highest BCUT2D eigenvalue weighted by Gasteiger charge is 2.19. The zero-order chi connectivity index (χ0) is 25.8. The number of rotatable bonds is 3. The van der Waals surface area contributed by atoms with E-state index in [1.807, 2.05) is 66.7 Å². The summed E-state index contributed by atoms with van der Waals surface area (Å²) in [5.41, 5.74) is 5.03. The number of phenols is 2. The Morgan fingerprint density at radius 3 is 2.11 bits per heavy atom. The second kappa shape index (κ2) is 8.46. The molecule has 0 atom stereocenters. The average Bonchev–Trinajstić information content (AvgIpc) is 2.97. The van der Waals surface area contributed by atoms with E-state index < -0.39 is 0 Å². The first kappa shape index (κ1) is 22.1. The van der Waals surface area contributed by atoms with E-state index in [-0.39, 0.29) is 11.5 Å². The van der Waals surface area contributed by atoms with Crippen molar-refractivity contribution in [1.82, 2.24) is 9.97 Å². The molecule has 0 spiro atoms. The summed E-state index contributed by atoms with van der Waals surface area (Å²) in [4.78, 5) is 9.32. The Hall–Kier alpha value is -5.16. The summed E-state index contributed by atoms with van der Waals surface area (Å²) in [6.07, 6.45) is 3.46. The minimum absolute atomic E-state index is 0.0478. The molecule has 2 aromatic heterocycles. The van der Waals surface area contributed by atoms with E-state index in [0.29, 0.717) is 27.6 Å². The zero-order valence-electron chi connectivity index (χ0n) is 20.5. The van der Waals surface area contributed by atoms with Gasteiger partial charge in [0.05, 0.1) is 28.9 Å². The van der Waals surface area contributed by atoms with Crippen molar-refractivity contribution in [1.29, 1.82) is 0 Å². The maximum Gasteiger partial charge on any atom is 0.167 e. The van der Waals surface area contributed by atoms with E-state index in [4.69, 9.17) is 9.72 Å². The molecule has 0 saturated carbocycles. The summed E-state index contributed by atoms with van der Waals surface area (Å²) in [7, 11) is 1.53. The number of fused-ring (bicyclic) bond motifs is 6. The van der Waals surface area contributed by atoms with Crippen LogP contribution in [0.3, 0.4) is 0 Å². The third kappa shape index (κ3) is 3.19. The summed E-state index contributed by atoms with van der Waals surface area (Å²) >= 11 is 0. The fourth-order valence-corrected chi connectivity index (χ4v) is 5.49. The molecule has 0 unspecified atom stereocenters. The number of hydrogen-bond donors (Lipinski definition) is 2. The summed E-state index contributed by atoms with van der Waals surface area (Å²) in [5, 5.41) is 27.5. The molecule has 5 nitrogen and oxygen atoms in total. The topological polar surface area (TPSA) is 75.5 Å². The van der Waals surface area contributed by atoms with Gasteiger partial charge in [0.25, 0.3) is 0 Å². The molecular formula is C33H22N2O3. The predicted octanol–water partition coefficient (Wildman–Crippen LogP) is 7.84. The molecule has 0 radical (unpaired) electrons. The third-order valence-corrected chi connectivity index (χ3v) is 7.27. The number of nitrogens with zero attached hydrogens (tertiary/aromatic N) is 2. The Kier molecular flexibility index (Phi) is 4.91. The fraction of sp³-hybridized carbons (Fsp3) is 0.0303. The van der Waals surface area contributed by atoms with Crippen molar-refractivity contribution in [3.8, 4) is 39.5 Å². The minimum atomic E-state index is 0.0478. The summed E-state index contributed by atoms with van der Waals surface area (Å²) in [5.74, 6) is 0.595. The van der Waals surface area contributed by atoms with Gasteiger partial charge in [0.15, 0.2) is 11.5 Å². The molecular weight excluding hydrogens is 472 g/mol. The Morgan fingerprint density at radius 2 is 1.29 bits per heavy atom.